The van der Waals surface area contributed by atoms with Crippen LogP contribution in [0.25, 0.3) is 0 Å². The number of carbonyl (C=O) groups excluding carboxylic acids is 3. The molecule has 0 radical (unpaired) electrons. The Kier molecular flexibility index (Phi) is 4.90. The SMILES string of the molecule is O=C(NCCc1cccs1)c1ccc(N2C(=O)C3CC=CCC3C2=O)cc1. The quantitative estimate of drug-likeness (QED) is 0.640. The van der Waals surface area contributed by atoms with Crippen molar-refractivity contribution in [3.63, 3.8) is 0 Å². The highest BCUT2D eigenvalue weighted by molar-refractivity contribution is 7.09. The molecule has 1 aliphatic carbocycles. The van der Waals surface area contributed by atoms with Crippen molar-refractivity contribution in [2.24, 2.45) is 11.8 Å². The van der Waals surface area contributed by atoms with Gasteiger partial charge in [0, 0.05) is 17.0 Å². The molecule has 2 aliphatic rings. The van der Waals surface area contributed by atoms with E-state index in [4.69, 9.17) is 0 Å². The maximum atomic E-state index is 12.6. The van der Waals surface area contributed by atoms with Crippen molar-refractivity contribution in [1.29, 1.82) is 0 Å². The molecule has 6 heteroatoms. The Labute approximate surface area is 161 Å². The molecule has 1 aromatic carbocycles. The summed E-state index contributed by atoms with van der Waals surface area (Å²) in [6.45, 7) is 0.570. The molecule has 2 unspecified atom stereocenters. The fraction of sp³-hybridized carbons (Fsp3) is 0.286. The van der Waals surface area contributed by atoms with Gasteiger partial charge in [-0.05, 0) is 55.0 Å². The molecule has 2 atom stereocenters. The number of imide groups is 1. The van der Waals surface area contributed by atoms with Crippen LogP contribution < -0.4 is 10.2 Å². The smallest absolute Gasteiger partial charge is 0.251 e. The molecule has 0 saturated carbocycles. The lowest BCUT2D eigenvalue weighted by Gasteiger charge is -2.15. The van der Waals surface area contributed by atoms with E-state index in [1.807, 2.05) is 29.7 Å². The molecule has 4 rings (SSSR count). The first kappa shape index (κ1) is 17.7. The number of nitrogens with one attached hydrogen (secondary N) is 1. The number of hydrogen-bond acceptors (Lipinski definition) is 4. The van der Waals surface area contributed by atoms with Crippen LogP contribution in [0.3, 0.4) is 0 Å². The molecule has 27 heavy (non-hydrogen) atoms. The largest absolute Gasteiger partial charge is 0.352 e. The van der Waals surface area contributed by atoms with Crippen LogP contribution in [-0.4, -0.2) is 24.3 Å². The van der Waals surface area contributed by atoms with Gasteiger partial charge in [-0.15, -0.1) is 11.3 Å². The second-order valence-electron chi connectivity index (χ2n) is 6.80. The van der Waals surface area contributed by atoms with Gasteiger partial charge >= 0.3 is 0 Å². The van der Waals surface area contributed by atoms with Gasteiger partial charge in [-0.3, -0.25) is 19.3 Å². The van der Waals surface area contributed by atoms with E-state index in [1.54, 1.807) is 35.6 Å². The lowest BCUT2D eigenvalue weighted by molar-refractivity contribution is -0.122. The average molecular weight is 380 g/mol. The topological polar surface area (TPSA) is 66.5 Å². The van der Waals surface area contributed by atoms with Crippen molar-refractivity contribution < 1.29 is 14.4 Å². The number of thiophene rings is 1. The Morgan fingerprint density at radius 3 is 2.30 bits per heavy atom. The van der Waals surface area contributed by atoms with Crippen LogP contribution in [0.5, 0.6) is 0 Å². The first-order valence-electron chi connectivity index (χ1n) is 9.08. The van der Waals surface area contributed by atoms with Crippen LogP contribution in [0.2, 0.25) is 0 Å². The summed E-state index contributed by atoms with van der Waals surface area (Å²) in [4.78, 5) is 40.0. The van der Waals surface area contributed by atoms with Crippen LogP contribution in [-0.2, 0) is 16.0 Å². The van der Waals surface area contributed by atoms with Crippen LogP contribution >= 0.6 is 11.3 Å². The van der Waals surface area contributed by atoms with Crippen molar-refractivity contribution in [1.82, 2.24) is 5.32 Å². The second kappa shape index (κ2) is 7.48. The predicted molar refractivity (Wildman–Crippen MR) is 105 cm³/mol. The molecule has 0 bridgehead atoms. The number of carbonyl (C=O) groups is 3. The highest BCUT2D eigenvalue weighted by Crippen LogP contribution is 2.37. The molecule has 138 valence electrons. The number of rotatable bonds is 5. The zero-order chi connectivity index (χ0) is 18.8. The van der Waals surface area contributed by atoms with Crippen LogP contribution in [0.15, 0.2) is 53.9 Å². The van der Waals surface area contributed by atoms with Gasteiger partial charge in [-0.1, -0.05) is 18.2 Å². The molecule has 3 amide bonds. The third kappa shape index (κ3) is 3.45. The summed E-state index contributed by atoms with van der Waals surface area (Å²) in [5, 5.41) is 4.91. The minimum Gasteiger partial charge on any atom is -0.352 e. The Hall–Kier alpha value is -2.73. The number of hydrogen-bond donors (Lipinski definition) is 1. The number of amides is 3. The fourth-order valence-corrected chi connectivity index (χ4v) is 4.38. The van der Waals surface area contributed by atoms with E-state index in [2.05, 4.69) is 5.32 Å². The number of nitrogens with zero attached hydrogens (tertiary/aromatic N) is 1. The lowest BCUT2D eigenvalue weighted by Crippen LogP contribution is -2.31. The summed E-state index contributed by atoms with van der Waals surface area (Å²) in [6, 6.07) is 10.7. The van der Waals surface area contributed by atoms with Crippen molar-refractivity contribution >= 4 is 34.7 Å². The minimum absolute atomic E-state index is 0.137. The first-order valence-corrected chi connectivity index (χ1v) is 9.96. The molecule has 1 aromatic heterocycles. The maximum Gasteiger partial charge on any atom is 0.251 e. The third-order valence-corrected chi connectivity index (χ3v) is 6.07. The van der Waals surface area contributed by atoms with Gasteiger partial charge in [0.15, 0.2) is 0 Å². The average Bonchev–Trinajstić information content (AvgIpc) is 3.29. The van der Waals surface area contributed by atoms with Crippen molar-refractivity contribution in [3.05, 3.63) is 64.4 Å². The fourth-order valence-electron chi connectivity index (χ4n) is 3.67. The molecule has 1 fully saturated rings. The Morgan fingerprint density at radius 1 is 1.04 bits per heavy atom. The molecule has 1 saturated heterocycles. The second-order valence-corrected chi connectivity index (χ2v) is 7.83. The Morgan fingerprint density at radius 2 is 1.70 bits per heavy atom. The monoisotopic (exact) mass is 380 g/mol. The standard InChI is InChI=1S/C21H20N2O3S/c24-19(22-12-11-16-4-3-13-27-16)14-7-9-15(10-8-14)23-20(25)17-5-1-2-6-18(17)21(23)26/h1-4,7-10,13,17-18H,5-6,11-12H2,(H,22,24). The van der Waals surface area contributed by atoms with E-state index in [9.17, 15) is 14.4 Å². The Balaban J connectivity index is 1.40. The van der Waals surface area contributed by atoms with Gasteiger partial charge in [-0.2, -0.15) is 0 Å². The predicted octanol–water partition coefficient (Wildman–Crippen LogP) is 3.18. The van der Waals surface area contributed by atoms with Gasteiger partial charge < -0.3 is 5.32 Å². The van der Waals surface area contributed by atoms with Crippen molar-refractivity contribution in [2.75, 3.05) is 11.4 Å². The Bertz CT molecular complexity index is 861. The summed E-state index contributed by atoms with van der Waals surface area (Å²) in [6.07, 6.45) is 5.99. The molecular weight excluding hydrogens is 360 g/mol. The van der Waals surface area contributed by atoms with E-state index in [-0.39, 0.29) is 29.6 Å². The molecule has 5 nitrogen and oxygen atoms in total. The van der Waals surface area contributed by atoms with E-state index in [0.29, 0.717) is 30.6 Å². The van der Waals surface area contributed by atoms with E-state index >= 15 is 0 Å². The van der Waals surface area contributed by atoms with E-state index in [1.165, 1.54) is 9.78 Å². The maximum absolute atomic E-state index is 12.6. The summed E-state index contributed by atoms with van der Waals surface area (Å²) >= 11 is 1.67. The minimum atomic E-state index is -0.247. The van der Waals surface area contributed by atoms with Gasteiger partial charge in [0.25, 0.3) is 5.91 Å². The van der Waals surface area contributed by atoms with Crippen molar-refractivity contribution in [2.45, 2.75) is 19.3 Å². The number of anilines is 1. The molecule has 1 aliphatic heterocycles. The molecule has 2 aromatic rings. The van der Waals surface area contributed by atoms with Gasteiger partial charge in [0.05, 0.1) is 17.5 Å². The summed E-state index contributed by atoms with van der Waals surface area (Å²) in [7, 11) is 0. The summed E-state index contributed by atoms with van der Waals surface area (Å²) in [5.41, 5.74) is 1.05. The number of fused-ring (bicyclic) bond motifs is 1. The third-order valence-electron chi connectivity index (χ3n) is 5.13. The molecular formula is C21H20N2O3S. The first-order chi connectivity index (χ1) is 13.1. The normalized spacial score (nSPS) is 21.4. The number of benzene rings is 1. The summed E-state index contributed by atoms with van der Waals surface area (Å²) < 4.78 is 0. The molecule has 0 spiro atoms. The highest BCUT2D eigenvalue weighted by Gasteiger charge is 2.47. The van der Waals surface area contributed by atoms with E-state index < -0.39 is 0 Å². The van der Waals surface area contributed by atoms with Gasteiger partial charge in [0.1, 0.15) is 0 Å². The van der Waals surface area contributed by atoms with Crippen LogP contribution in [0.1, 0.15) is 28.1 Å². The summed E-state index contributed by atoms with van der Waals surface area (Å²) in [5.74, 6) is -0.925. The molecule has 1 N–H and O–H groups in total. The van der Waals surface area contributed by atoms with Gasteiger partial charge in [-0.25, -0.2) is 0 Å². The zero-order valence-corrected chi connectivity index (χ0v) is 15.6. The van der Waals surface area contributed by atoms with Gasteiger partial charge in [0.2, 0.25) is 11.8 Å². The molecule has 2 heterocycles. The lowest BCUT2D eigenvalue weighted by atomic mass is 9.85. The highest BCUT2D eigenvalue weighted by atomic mass is 32.1. The van der Waals surface area contributed by atoms with E-state index in [0.717, 1.165) is 6.42 Å². The zero-order valence-electron chi connectivity index (χ0n) is 14.8. The number of allylic oxidation sites excluding steroid dienone is 2. The van der Waals surface area contributed by atoms with Crippen LogP contribution in [0.4, 0.5) is 5.69 Å². The van der Waals surface area contributed by atoms with Crippen LogP contribution in [0, 0.1) is 11.8 Å². The van der Waals surface area contributed by atoms with Crippen molar-refractivity contribution in [3.8, 4) is 0 Å².